The van der Waals surface area contributed by atoms with E-state index in [-0.39, 0.29) is 22.8 Å². The molecule has 2 N–H and O–H groups in total. The number of ketones is 1. The van der Waals surface area contributed by atoms with E-state index in [4.69, 9.17) is 0 Å². The summed E-state index contributed by atoms with van der Waals surface area (Å²) >= 11 is 0. The van der Waals surface area contributed by atoms with Gasteiger partial charge in [0.1, 0.15) is 11.5 Å². The SMILES string of the molecule is CCC(=O)c1cc(O)c(C)c(C)c1O. The van der Waals surface area contributed by atoms with Crippen LogP contribution in [0.2, 0.25) is 0 Å². The summed E-state index contributed by atoms with van der Waals surface area (Å²) in [6.07, 6.45) is 0.315. The number of hydrogen-bond donors (Lipinski definition) is 2. The van der Waals surface area contributed by atoms with E-state index >= 15 is 0 Å². The molecule has 0 amide bonds. The zero-order chi connectivity index (χ0) is 10.9. The van der Waals surface area contributed by atoms with E-state index < -0.39 is 0 Å². The normalized spacial score (nSPS) is 10.2. The Balaban J connectivity index is 3.40. The van der Waals surface area contributed by atoms with Gasteiger partial charge in [-0.05, 0) is 31.0 Å². The van der Waals surface area contributed by atoms with E-state index in [0.717, 1.165) is 0 Å². The van der Waals surface area contributed by atoms with E-state index in [9.17, 15) is 15.0 Å². The molecular weight excluding hydrogens is 180 g/mol. The summed E-state index contributed by atoms with van der Waals surface area (Å²) in [4.78, 5) is 11.4. The number of phenols is 2. The molecule has 1 aromatic rings. The van der Waals surface area contributed by atoms with Crippen molar-refractivity contribution >= 4 is 5.78 Å². The molecule has 0 aliphatic carbocycles. The Bertz CT molecular complexity index is 381. The van der Waals surface area contributed by atoms with Crippen LogP contribution in [0, 0.1) is 13.8 Å². The van der Waals surface area contributed by atoms with Gasteiger partial charge in [-0.25, -0.2) is 0 Å². The van der Waals surface area contributed by atoms with Gasteiger partial charge in [0.2, 0.25) is 0 Å². The number of aromatic hydroxyl groups is 2. The maximum absolute atomic E-state index is 11.4. The van der Waals surface area contributed by atoms with Crippen molar-refractivity contribution in [1.29, 1.82) is 0 Å². The van der Waals surface area contributed by atoms with Crippen LogP contribution in [-0.4, -0.2) is 16.0 Å². The van der Waals surface area contributed by atoms with Gasteiger partial charge in [-0.2, -0.15) is 0 Å². The van der Waals surface area contributed by atoms with Gasteiger partial charge in [0.25, 0.3) is 0 Å². The Morgan fingerprint density at radius 2 is 1.86 bits per heavy atom. The highest BCUT2D eigenvalue weighted by Gasteiger charge is 2.15. The molecule has 0 aliphatic rings. The minimum Gasteiger partial charge on any atom is -0.508 e. The van der Waals surface area contributed by atoms with E-state index in [1.807, 2.05) is 0 Å². The fourth-order valence-corrected chi connectivity index (χ4v) is 1.29. The van der Waals surface area contributed by atoms with Gasteiger partial charge in [0.05, 0.1) is 5.56 Å². The number of hydrogen-bond acceptors (Lipinski definition) is 3. The Labute approximate surface area is 83.0 Å². The van der Waals surface area contributed by atoms with Crippen molar-refractivity contribution < 1.29 is 15.0 Å². The van der Waals surface area contributed by atoms with Gasteiger partial charge in [-0.1, -0.05) is 6.92 Å². The summed E-state index contributed by atoms with van der Waals surface area (Å²) < 4.78 is 0. The maximum atomic E-state index is 11.4. The monoisotopic (exact) mass is 194 g/mol. The smallest absolute Gasteiger partial charge is 0.166 e. The quantitative estimate of drug-likeness (QED) is 0.561. The predicted octanol–water partition coefficient (Wildman–Crippen LogP) is 2.31. The molecule has 0 radical (unpaired) electrons. The average Bonchev–Trinajstić information content (AvgIpc) is 2.19. The lowest BCUT2D eigenvalue weighted by molar-refractivity contribution is 0.0985. The summed E-state index contributed by atoms with van der Waals surface area (Å²) in [5, 5.41) is 19.2. The fraction of sp³-hybridized carbons (Fsp3) is 0.364. The first-order chi connectivity index (χ1) is 6.49. The second kappa shape index (κ2) is 3.70. The third kappa shape index (κ3) is 1.58. The molecule has 0 heterocycles. The Kier molecular flexibility index (Phi) is 2.79. The second-order valence-electron chi connectivity index (χ2n) is 3.32. The van der Waals surface area contributed by atoms with Crippen molar-refractivity contribution in [3.8, 4) is 11.5 Å². The minimum atomic E-state index is -0.166. The van der Waals surface area contributed by atoms with Crippen molar-refractivity contribution in [1.82, 2.24) is 0 Å². The summed E-state index contributed by atoms with van der Waals surface area (Å²) in [7, 11) is 0. The molecule has 0 aromatic heterocycles. The average molecular weight is 194 g/mol. The zero-order valence-corrected chi connectivity index (χ0v) is 8.59. The van der Waals surface area contributed by atoms with Crippen molar-refractivity contribution in [2.24, 2.45) is 0 Å². The molecule has 3 heteroatoms. The molecule has 0 bridgehead atoms. The molecule has 0 saturated carbocycles. The summed E-state index contributed by atoms with van der Waals surface area (Å²) in [5.41, 5.74) is 1.37. The van der Waals surface area contributed by atoms with Gasteiger partial charge in [-0.15, -0.1) is 0 Å². The molecule has 1 aromatic carbocycles. The number of rotatable bonds is 2. The molecule has 14 heavy (non-hydrogen) atoms. The standard InChI is InChI=1S/C11H14O3/c1-4-9(12)8-5-10(13)6(2)7(3)11(8)14/h5,13-14H,4H2,1-3H3. The largest absolute Gasteiger partial charge is 0.508 e. The summed E-state index contributed by atoms with van der Waals surface area (Å²) in [6.45, 7) is 5.09. The molecule has 1 rings (SSSR count). The fourth-order valence-electron chi connectivity index (χ4n) is 1.29. The van der Waals surface area contributed by atoms with Crippen molar-refractivity contribution in [2.45, 2.75) is 27.2 Å². The van der Waals surface area contributed by atoms with Crippen LogP contribution >= 0.6 is 0 Å². The molecule has 0 saturated heterocycles. The number of carbonyl (C=O) groups is 1. The van der Waals surface area contributed by atoms with E-state index in [1.54, 1.807) is 20.8 Å². The second-order valence-corrected chi connectivity index (χ2v) is 3.32. The zero-order valence-electron chi connectivity index (χ0n) is 8.59. The molecule has 0 spiro atoms. The molecule has 3 nitrogen and oxygen atoms in total. The Morgan fingerprint density at radius 3 is 2.36 bits per heavy atom. The first kappa shape index (κ1) is 10.6. The molecular formula is C11H14O3. The van der Waals surface area contributed by atoms with Crippen LogP contribution in [0.5, 0.6) is 11.5 Å². The Morgan fingerprint density at radius 1 is 1.29 bits per heavy atom. The van der Waals surface area contributed by atoms with Gasteiger partial charge < -0.3 is 10.2 Å². The molecule has 0 fully saturated rings. The van der Waals surface area contributed by atoms with Gasteiger partial charge >= 0.3 is 0 Å². The van der Waals surface area contributed by atoms with Gasteiger partial charge in [0.15, 0.2) is 5.78 Å². The minimum absolute atomic E-state index is 0.0212. The molecule has 0 aliphatic heterocycles. The predicted molar refractivity (Wildman–Crippen MR) is 53.9 cm³/mol. The molecule has 76 valence electrons. The number of benzene rings is 1. The highest BCUT2D eigenvalue weighted by molar-refractivity contribution is 5.99. The van der Waals surface area contributed by atoms with E-state index in [0.29, 0.717) is 17.5 Å². The first-order valence-electron chi connectivity index (χ1n) is 4.54. The molecule has 0 atom stereocenters. The first-order valence-corrected chi connectivity index (χ1v) is 4.54. The van der Waals surface area contributed by atoms with Gasteiger partial charge in [0, 0.05) is 6.42 Å². The van der Waals surface area contributed by atoms with Crippen LogP contribution in [0.3, 0.4) is 0 Å². The lowest BCUT2D eigenvalue weighted by atomic mass is 9.99. The van der Waals surface area contributed by atoms with E-state index in [1.165, 1.54) is 6.07 Å². The van der Waals surface area contributed by atoms with Crippen LogP contribution < -0.4 is 0 Å². The van der Waals surface area contributed by atoms with Crippen molar-refractivity contribution in [3.05, 3.63) is 22.8 Å². The van der Waals surface area contributed by atoms with Crippen LogP contribution in [0.4, 0.5) is 0 Å². The third-order valence-corrected chi connectivity index (χ3v) is 2.46. The highest BCUT2D eigenvalue weighted by atomic mass is 16.3. The number of Topliss-reactive ketones (excluding diaryl/α,β-unsaturated/α-hetero) is 1. The van der Waals surface area contributed by atoms with Crippen LogP contribution in [-0.2, 0) is 0 Å². The highest BCUT2D eigenvalue weighted by Crippen LogP contribution is 2.32. The lowest BCUT2D eigenvalue weighted by Crippen LogP contribution is -1.99. The van der Waals surface area contributed by atoms with Crippen LogP contribution in [0.25, 0.3) is 0 Å². The third-order valence-electron chi connectivity index (χ3n) is 2.46. The number of phenolic OH excluding ortho intramolecular Hbond substituents is 2. The maximum Gasteiger partial charge on any atom is 0.166 e. The van der Waals surface area contributed by atoms with Crippen LogP contribution in [0.1, 0.15) is 34.8 Å². The summed E-state index contributed by atoms with van der Waals surface area (Å²) in [6, 6.07) is 1.32. The van der Waals surface area contributed by atoms with Gasteiger partial charge in [-0.3, -0.25) is 4.79 Å². The topological polar surface area (TPSA) is 57.5 Å². The molecule has 0 unspecified atom stereocenters. The van der Waals surface area contributed by atoms with Crippen molar-refractivity contribution in [3.63, 3.8) is 0 Å². The Hall–Kier alpha value is -1.51. The lowest BCUT2D eigenvalue weighted by Gasteiger charge is -2.09. The van der Waals surface area contributed by atoms with E-state index in [2.05, 4.69) is 0 Å². The number of carbonyl (C=O) groups excluding carboxylic acids is 1. The summed E-state index contributed by atoms with van der Waals surface area (Å²) in [5.74, 6) is -0.134. The van der Waals surface area contributed by atoms with Crippen LogP contribution in [0.15, 0.2) is 6.07 Å². The van der Waals surface area contributed by atoms with Crippen molar-refractivity contribution in [2.75, 3.05) is 0 Å².